The lowest BCUT2D eigenvalue weighted by Gasteiger charge is -2.33. The molecule has 2 aromatic rings. The van der Waals surface area contributed by atoms with Gasteiger partial charge in [0.15, 0.2) is 0 Å². The number of likely N-dealkylation sites (N-methyl/N-ethyl adjacent to an activating group) is 2. The summed E-state index contributed by atoms with van der Waals surface area (Å²) in [6.45, 7) is 4.65. The molecule has 1 unspecified atom stereocenters. The van der Waals surface area contributed by atoms with E-state index in [0.717, 1.165) is 63.4 Å². The van der Waals surface area contributed by atoms with Gasteiger partial charge in [-0.2, -0.15) is 0 Å². The quantitative estimate of drug-likeness (QED) is 0.769. The van der Waals surface area contributed by atoms with Gasteiger partial charge in [0.2, 0.25) is 5.91 Å². The maximum atomic E-state index is 12.9. The molecule has 2 aliphatic rings. The number of piperidine rings is 1. The molecule has 0 radical (unpaired) electrons. The number of hydrogen-bond donors (Lipinski definition) is 0. The molecule has 1 amide bonds. The zero-order valence-electron chi connectivity index (χ0n) is 17.4. The summed E-state index contributed by atoms with van der Waals surface area (Å²) < 4.78 is 0. The van der Waals surface area contributed by atoms with Gasteiger partial charge in [0.25, 0.3) is 0 Å². The van der Waals surface area contributed by atoms with E-state index in [1.54, 1.807) is 6.20 Å². The number of pyridine rings is 1. The molecule has 1 saturated heterocycles. The largest absolute Gasteiger partial charge is 0.341 e. The second kappa shape index (κ2) is 8.97. The molecule has 0 spiro atoms. The van der Waals surface area contributed by atoms with E-state index in [1.807, 2.05) is 36.5 Å². The first-order valence-corrected chi connectivity index (χ1v) is 10.5. The van der Waals surface area contributed by atoms with Gasteiger partial charge in [-0.05, 0) is 38.6 Å². The monoisotopic (exact) mass is 394 g/mol. The van der Waals surface area contributed by atoms with Gasteiger partial charge in [-0.25, -0.2) is 9.97 Å². The van der Waals surface area contributed by atoms with Crippen molar-refractivity contribution in [1.82, 2.24) is 29.7 Å². The third kappa shape index (κ3) is 4.97. The van der Waals surface area contributed by atoms with E-state index < -0.39 is 0 Å². The molecule has 0 saturated carbocycles. The molecule has 4 heterocycles. The highest BCUT2D eigenvalue weighted by molar-refractivity contribution is 5.78. The summed E-state index contributed by atoms with van der Waals surface area (Å²) in [4.78, 5) is 32.9. The number of fused-ring (bicyclic) bond motifs is 1. The van der Waals surface area contributed by atoms with E-state index in [0.29, 0.717) is 6.54 Å². The molecule has 154 valence electrons. The van der Waals surface area contributed by atoms with E-state index in [-0.39, 0.29) is 11.8 Å². The van der Waals surface area contributed by atoms with Gasteiger partial charge in [0, 0.05) is 74.9 Å². The molecule has 4 rings (SSSR count). The number of aromatic nitrogens is 3. The number of carbonyl (C=O) groups excluding carboxylic acids is 1. The van der Waals surface area contributed by atoms with Crippen LogP contribution in [0.2, 0.25) is 0 Å². The summed E-state index contributed by atoms with van der Waals surface area (Å²) in [7, 11) is 4.11. The van der Waals surface area contributed by atoms with Crippen LogP contribution in [0.3, 0.4) is 0 Å². The van der Waals surface area contributed by atoms with Gasteiger partial charge in [-0.3, -0.25) is 14.7 Å². The minimum Gasteiger partial charge on any atom is -0.341 e. The zero-order chi connectivity index (χ0) is 20.2. The molecule has 2 aromatic heterocycles. The highest BCUT2D eigenvalue weighted by Crippen LogP contribution is 2.26. The lowest BCUT2D eigenvalue weighted by molar-refractivity contribution is -0.133. The highest BCUT2D eigenvalue weighted by atomic mass is 16.2. The van der Waals surface area contributed by atoms with Crippen molar-refractivity contribution in [1.29, 1.82) is 0 Å². The smallest absolute Gasteiger partial charge is 0.236 e. The Morgan fingerprint density at radius 1 is 1.31 bits per heavy atom. The average molecular weight is 395 g/mol. The minimum absolute atomic E-state index is 0.181. The number of rotatable bonds is 5. The fraction of sp³-hybridized carbons (Fsp3) is 0.545. The van der Waals surface area contributed by atoms with Crippen LogP contribution in [-0.2, 0) is 24.3 Å². The molecule has 1 atom stereocenters. The topological polar surface area (TPSA) is 65.5 Å². The van der Waals surface area contributed by atoms with E-state index in [2.05, 4.69) is 26.8 Å². The lowest BCUT2D eigenvalue weighted by atomic mass is 9.96. The van der Waals surface area contributed by atoms with Crippen molar-refractivity contribution < 1.29 is 4.79 Å². The Morgan fingerprint density at radius 3 is 3.03 bits per heavy atom. The Balaban J connectivity index is 1.36. The third-order valence-corrected chi connectivity index (χ3v) is 5.86. The van der Waals surface area contributed by atoms with Gasteiger partial charge in [0.05, 0.1) is 6.54 Å². The molecule has 2 aliphatic heterocycles. The Morgan fingerprint density at radius 2 is 2.21 bits per heavy atom. The van der Waals surface area contributed by atoms with Gasteiger partial charge in [0.1, 0.15) is 5.82 Å². The van der Waals surface area contributed by atoms with Crippen LogP contribution in [0, 0.1) is 0 Å². The minimum atomic E-state index is 0.181. The lowest BCUT2D eigenvalue weighted by Crippen LogP contribution is -2.44. The molecular weight excluding hydrogens is 364 g/mol. The van der Waals surface area contributed by atoms with Crippen molar-refractivity contribution in [2.24, 2.45) is 0 Å². The third-order valence-electron chi connectivity index (χ3n) is 5.86. The first-order valence-electron chi connectivity index (χ1n) is 10.5. The van der Waals surface area contributed by atoms with Crippen LogP contribution in [0.5, 0.6) is 0 Å². The number of likely N-dealkylation sites (tertiary alicyclic amines) is 1. The van der Waals surface area contributed by atoms with Gasteiger partial charge in [-0.1, -0.05) is 6.07 Å². The van der Waals surface area contributed by atoms with E-state index in [4.69, 9.17) is 4.98 Å². The predicted octanol–water partition coefficient (Wildman–Crippen LogP) is 1.70. The Labute approximate surface area is 172 Å². The first-order chi connectivity index (χ1) is 14.1. The molecule has 7 heteroatoms. The second-order valence-corrected chi connectivity index (χ2v) is 8.40. The first kappa shape index (κ1) is 19.9. The van der Waals surface area contributed by atoms with Gasteiger partial charge in [-0.15, -0.1) is 0 Å². The predicted molar refractivity (Wildman–Crippen MR) is 111 cm³/mol. The Bertz CT molecular complexity index is 842. The Kier molecular flexibility index (Phi) is 6.16. The summed E-state index contributed by atoms with van der Waals surface area (Å²) in [6.07, 6.45) is 8.65. The van der Waals surface area contributed by atoms with Crippen LogP contribution in [0.1, 0.15) is 41.4 Å². The normalized spacial score (nSPS) is 20.0. The molecular formula is C22H30N6O. The Hall–Kier alpha value is -2.38. The molecule has 0 bridgehead atoms. The van der Waals surface area contributed by atoms with Crippen LogP contribution in [0.15, 0.2) is 30.7 Å². The second-order valence-electron chi connectivity index (χ2n) is 8.40. The molecule has 0 aromatic carbocycles. The number of hydrogen-bond acceptors (Lipinski definition) is 6. The van der Waals surface area contributed by atoms with Crippen molar-refractivity contribution in [3.8, 4) is 0 Å². The van der Waals surface area contributed by atoms with Crippen molar-refractivity contribution in [2.45, 2.75) is 38.3 Å². The van der Waals surface area contributed by atoms with Crippen LogP contribution >= 0.6 is 0 Å². The van der Waals surface area contributed by atoms with E-state index >= 15 is 0 Å². The molecule has 29 heavy (non-hydrogen) atoms. The summed E-state index contributed by atoms with van der Waals surface area (Å²) in [6, 6.07) is 3.97. The van der Waals surface area contributed by atoms with Crippen molar-refractivity contribution >= 4 is 5.91 Å². The molecule has 7 nitrogen and oxygen atoms in total. The number of amides is 1. The maximum Gasteiger partial charge on any atom is 0.236 e. The summed E-state index contributed by atoms with van der Waals surface area (Å²) in [5.41, 5.74) is 3.54. The van der Waals surface area contributed by atoms with E-state index in [1.165, 1.54) is 11.3 Å². The van der Waals surface area contributed by atoms with Gasteiger partial charge >= 0.3 is 0 Å². The fourth-order valence-electron chi connectivity index (χ4n) is 4.27. The SMILES string of the molecule is CN(CC(=O)N1CCCC(c2ncc3c(n2)CCN(C)C3)C1)Cc1cccnc1. The van der Waals surface area contributed by atoms with Crippen molar-refractivity contribution in [3.05, 3.63) is 53.4 Å². The maximum absolute atomic E-state index is 12.9. The van der Waals surface area contributed by atoms with Crippen LogP contribution in [0.25, 0.3) is 0 Å². The number of carbonyl (C=O) groups is 1. The van der Waals surface area contributed by atoms with Gasteiger partial charge < -0.3 is 9.80 Å². The number of nitrogens with zero attached hydrogens (tertiary/aromatic N) is 6. The van der Waals surface area contributed by atoms with E-state index in [9.17, 15) is 4.79 Å². The summed E-state index contributed by atoms with van der Waals surface area (Å²) in [5, 5.41) is 0. The molecule has 0 aliphatic carbocycles. The summed E-state index contributed by atoms with van der Waals surface area (Å²) in [5.74, 6) is 1.33. The fourth-order valence-corrected chi connectivity index (χ4v) is 4.27. The van der Waals surface area contributed by atoms with Crippen molar-refractivity contribution in [3.63, 3.8) is 0 Å². The average Bonchev–Trinajstić information content (AvgIpc) is 2.74. The van der Waals surface area contributed by atoms with Crippen LogP contribution in [-0.4, -0.2) is 75.8 Å². The van der Waals surface area contributed by atoms with Crippen molar-refractivity contribution in [2.75, 3.05) is 40.3 Å². The molecule has 0 N–H and O–H groups in total. The zero-order valence-corrected chi connectivity index (χ0v) is 17.4. The highest BCUT2D eigenvalue weighted by Gasteiger charge is 2.28. The van der Waals surface area contributed by atoms with Crippen LogP contribution in [0.4, 0.5) is 0 Å². The summed E-state index contributed by atoms with van der Waals surface area (Å²) >= 11 is 0. The van der Waals surface area contributed by atoms with Crippen LogP contribution < -0.4 is 0 Å². The standard InChI is InChI=1S/C22H30N6O/c1-26-10-7-20-19(14-26)12-24-22(25-20)18-6-4-9-28(15-18)21(29)16-27(2)13-17-5-3-8-23-11-17/h3,5,8,11-12,18H,4,6-7,9-10,13-16H2,1-2H3. The molecule has 1 fully saturated rings.